The molecule has 0 aromatic heterocycles. The van der Waals surface area contributed by atoms with Crippen LogP contribution in [-0.2, 0) is 4.79 Å². The summed E-state index contributed by atoms with van der Waals surface area (Å²) in [6, 6.07) is 6.23. The van der Waals surface area contributed by atoms with Gasteiger partial charge in [0.1, 0.15) is 5.82 Å². The zero-order valence-corrected chi connectivity index (χ0v) is 7.33. The van der Waals surface area contributed by atoms with Crippen LogP contribution in [-0.4, -0.2) is 19.5 Å². The summed E-state index contributed by atoms with van der Waals surface area (Å²) >= 11 is 0. The van der Waals surface area contributed by atoms with E-state index in [4.69, 9.17) is 5.73 Å². The number of nitrogens with zero attached hydrogens (tertiary/aromatic N) is 1. The molecule has 70 valence electrons. The molecule has 0 aliphatic rings. The first-order valence-electron chi connectivity index (χ1n) is 3.85. The number of likely N-dealkylation sites (N-methyl/N-ethyl adjacent to an activating group) is 1. The van der Waals surface area contributed by atoms with Crippen LogP contribution in [0.3, 0.4) is 0 Å². The van der Waals surface area contributed by atoms with Crippen molar-refractivity contribution < 1.29 is 9.18 Å². The highest BCUT2D eigenvalue weighted by Gasteiger charge is 2.07. The number of hydrogen-bond donors (Lipinski definition) is 1. The monoisotopic (exact) mass is 182 g/mol. The minimum atomic E-state index is -0.481. The van der Waals surface area contributed by atoms with Crippen molar-refractivity contribution in [2.45, 2.75) is 0 Å². The average Bonchev–Trinajstić information content (AvgIpc) is 2.03. The number of para-hydroxylation sites is 1. The average molecular weight is 182 g/mol. The number of carbonyl (C=O) groups is 1. The Morgan fingerprint density at radius 2 is 2.15 bits per heavy atom. The number of primary amides is 1. The molecule has 13 heavy (non-hydrogen) atoms. The molecule has 0 bridgehead atoms. The molecule has 0 atom stereocenters. The highest BCUT2D eigenvalue weighted by Crippen LogP contribution is 2.16. The number of nitrogens with two attached hydrogens (primary N) is 1. The van der Waals surface area contributed by atoms with E-state index in [1.807, 2.05) is 0 Å². The van der Waals surface area contributed by atoms with E-state index in [9.17, 15) is 9.18 Å². The van der Waals surface area contributed by atoms with Crippen molar-refractivity contribution in [2.24, 2.45) is 5.73 Å². The van der Waals surface area contributed by atoms with Crippen molar-refractivity contribution in [1.82, 2.24) is 0 Å². The summed E-state index contributed by atoms with van der Waals surface area (Å²) in [6.07, 6.45) is 0. The molecule has 0 spiro atoms. The molecule has 2 N–H and O–H groups in total. The third-order valence-electron chi connectivity index (χ3n) is 1.66. The number of halogens is 1. The molecular weight excluding hydrogens is 171 g/mol. The normalized spacial score (nSPS) is 9.69. The van der Waals surface area contributed by atoms with Gasteiger partial charge in [0, 0.05) is 7.05 Å². The Bertz CT molecular complexity index is 314. The van der Waals surface area contributed by atoms with Crippen LogP contribution in [0.1, 0.15) is 0 Å². The van der Waals surface area contributed by atoms with Gasteiger partial charge in [-0.2, -0.15) is 0 Å². The number of hydrogen-bond acceptors (Lipinski definition) is 2. The third-order valence-corrected chi connectivity index (χ3v) is 1.66. The number of benzene rings is 1. The van der Waals surface area contributed by atoms with Crippen molar-refractivity contribution in [3.63, 3.8) is 0 Å². The zero-order valence-electron chi connectivity index (χ0n) is 7.33. The summed E-state index contributed by atoms with van der Waals surface area (Å²) in [5.41, 5.74) is 5.35. The maximum atomic E-state index is 13.1. The number of amides is 1. The van der Waals surface area contributed by atoms with Gasteiger partial charge in [-0.05, 0) is 12.1 Å². The highest BCUT2D eigenvalue weighted by molar-refractivity contribution is 5.79. The van der Waals surface area contributed by atoms with Gasteiger partial charge < -0.3 is 10.6 Å². The molecule has 1 rings (SSSR count). The van der Waals surface area contributed by atoms with E-state index in [1.54, 1.807) is 25.2 Å². The van der Waals surface area contributed by atoms with Gasteiger partial charge in [0.15, 0.2) is 0 Å². The summed E-state index contributed by atoms with van der Waals surface area (Å²) in [4.78, 5) is 12.0. The van der Waals surface area contributed by atoms with E-state index in [-0.39, 0.29) is 12.4 Å². The van der Waals surface area contributed by atoms with Gasteiger partial charge in [-0.1, -0.05) is 12.1 Å². The molecule has 1 aromatic rings. The maximum Gasteiger partial charge on any atom is 0.236 e. The Balaban J connectivity index is 2.82. The number of carbonyl (C=O) groups excluding carboxylic acids is 1. The van der Waals surface area contributed by atoms with Crippen molar-refractivity contribution >= 4 is 11.6 Å². The quantitative estimate of drug-likeness (QED) is 0.749. The zero-order chi connectivity index (χ0) is 9.84. The van der Waals surface area contributed by atoms with Crippen LogP contribution in [0.2, 0.25) is 0 Å². The molecular formula is C9H11FN2O. The van der Waals surface area contributed by atoms with Crippen LogP contribution in [0.25, 0.3) is 0 Å². The predicted octanol–water partition coefficient (Wildman–Crippen LogP) is 0.747. The Morgan fingerprint density at radius 3 is 2.69 bits per heavy atom. The molecule has 0 radical (unpaired) electrons. The van der Waals surface area contributed by atoms with E-state index < -0.39 is 5.91 Å². The Labute approximate surface area is 76.0 Å². The minimum absolute atomic E-state index is 0.0148. The van der Waals surface area contributed by atoms with Gasteiger partial charge in [-0.15, -0.1) is 0 Å². The number of anilines is 1. The van der Waals surface area contributed by atoms with E-state index in [1.165, 1.54) is 11.0 Å². The van der Waals surface area contributed by atoms with Crippen LogP contribution in [0.15, 0.2) is 24.3 Å². The molecule has 1 amide bonds. The molecule has 0 aliphatic heterocycles. The van der Waals surface area contributed by atoms with E-state index >= 15 is 0 Å². The fourth-order valence-corrected chi connectivity index (χ4v) is 1.08. The lowest BCUT2D eigenvalue weighted by molar-refractivity contribution is -0.116. The van der Waals surface area contributed by atoms with E-state index in [2.05, 4.69) is 0 Å². The molecule has 0 fully saturated rings. The van der Waals surface area contributed by atoms with Crippen LogP contribution < -0.4 is 10.6 Å². The van der Waals surface area contributed by atoms with Crippen LogP contribution in [0.5, 0.6) is 0 Å². The SMILES string of the molecule is CN(CC(N)=O)c1ccccc1F. The molecule has 1 aromatic carbocycles. The summed E-state index contributed by atoms with van der Waals surface area (Å²) in [7, 11) is 1.61. The Morgan fingerprint density at radius 1 is 1.54 bits per heavy atom. The van der Waals surface area contributed by atoms with Crippen LogP contribution in [0.4, 0.5) is 10.1 Å². The lowest BCUT2D eigenvalue weighted by Crippen LogP contribution is -2.30. The molecule has 0 unspecified atom stereocenters. The maximum absolute atomic E-state index is 13.1. The van der Waals surface area contributed by atoms with E-state index in [0.717, 1.165) is 0 Å². The first-order valence-corrected chi connectivity index (χ1v) is 3.85. The molecule has 0 heterocycles. The molecule has 4 heteroatoms. The lowest BCUT2D eigenvalue weighted by Gasteiger charge is -2.17. The second kappa shape index (κ2) is 3.89. The van der Waals surface area contributed by atoms with Gasteiger partial charge in [-0.25, -0.2) is 4.39 Å². The molecule has 3 nitrogen and oxygen atoms in total. The standard InChI is InChI=1S/C9H11FN2O/c1-12(6-9(11)13)8-5-3-2-4-7(8)10/h2-5H,6H2,1H3,(H2,11,13). The fraction of sp³-hybridized carbons (Fsp3) is 0.222. The summed E-state index contributed by atoms with van der Waals surface area (Å²) in [5, 5.41) is 0. The molecule has 0 aliphatic carbocycles. The van der Waals surface area contributed by atoms with Crippen LogP contribution in [0, 0.1) is 5.82 Å². The summed E-state index contributed by atoms with van der Waals surface area (Å²) < 4.78 is 13.1. The lowest BCUT2D eigenvalue weighted by atomic mass is 10.3. The highest BCUT2D eigenvalue weighted by atomic mass is 19.1. The Hall–Kier alpha value is -1.58. The predicted molar refractivity (Wildman–Crippen MR) is 48.9 cm³/mol. The van der Waals surface area contributed by atoms with Crippen molar-refractivity contribution in [2.75, 3.05) is 18.5 Å². The number of rotatable bonds is 3. The van der Waals surface area contributed by atoms with Gasteiger partial charge in [0.05, 0.1) is 12.2 Å². The topological polar surface area (TPSA) is 46.3 Å². The van der Waals surface area contributed by atoms with Crippen molar-refractivity contribution in [1.29, 1.82) is 0 Å². The first-order chi connectivity index (χ1) is 6.11. The first kappa shape index (κ1) is 9.51. The summed E-state index contributed by atoms with van der Waals surface area (Å²) in [6.45, 7) is 0.0148. The van der Waals surface area contributed by atoms with Crippen molar-refractivity contribution in [3.05, 3.63) is 30.1 Å². The second-order valence-corrected chi connectivity index (χ2v) is 2.77. The van der Waals surface area contributed by atoms with Gasteiger partial charge in [-0.3, -0.25) is 4.79 Å². The second-order valence-electron chi connectivity index (χ2n) is 2.77. The minimum Gasteiger partial charge on any atom is -0.368 e. The fourth-order valence-electron chi connectivity index (χ4n) is 1.08. The van der Waals surface area contributed by atoms with Crippen molar-refractivity contribution in [3.8, 4) is 0 Å². The Kier molecular flexibility index (Phi) is 2.84. The third kappa shape index (κ3) is 2.43. The molecule has 0 saturated carbocycles. The van der Waals surface area contributed by atoms with E-state index in [0.29, 0.717) is 5.69 Å². The smallest absolute Gasteiger partial charge is 0.236 e. The molecule has 0 saturated heterocycles. The van der Waals surface area contributed by atoms with Gasteiger partial charge >= 0.3 is 0 Å². The largest absolute Gasteiger partial charge is 0.368 e. The van der Waals surface area contributed by atoms with Gasteiger partial charge in [0.2, 0.25) is 5.91 Å². The van der Waals surface area contributed by atoms with Crippen LogP contribution >= 0.6 is 0 Å². The van der Waals surface area contributed by atoms with Gasteiger partial charge in [0.25, 0.3) is 0 Å². The summed E-state index contributed by atoms with van der Waals surface area (Å²) in [5.74, 6) is -0.836.